The predicted molar refractivity (Wildman–Crippen MR) is 121 cm³/mol. The highest BCUT2D eigenvalue weighted by molar-refractivity contribution is 5.91. The van der Waals surface area contributed by atoms with E-state index in [2.05, 4.69) is 0 Å². The van der Waals surface area contributed by atoms with Gasteiger partial charge in [0.1, 0.15) is 47.7 Å². The number of aliphatic hydroxyl groups excluding tert-OH is 2. The number of cyclic esters (lactones) is 1. The Kier molecular flexibility index (Phi) is 6.22. The van der Waals surface area contributed by atoms with Crippen LogP contribution in [0.3, 0.4) is 0 Å². The van der Waals surface area contributed by atoms with E-state index < -0.39 is 95.2 Å². The highest BCUT2D eigenvalue weighted by atomic mass is 16.7. The number of ether oxygens (including phenoxy) is 4. The van der Waals surface area contributed by atoms with Crippen molar-refractivity contribution in [3.63, 3.8) is 0 Å². The van der Waals surface area contributed by atoms with Gasteiger partial charge in [-0.25, -0.2) is 0 Å². The van der Waals surface area contributed by atoms with Gasteiger partial charge in [0.2, 0.25) is 17.5 Å². The first kappa shape index (κ1) is 25.1. The summed E-state index contributed by atoms with van der Waals surface area (Å²) in [7, 11) is 0. The summed E-state index contributed by atoms with van der Waals surface area (Å²) in [5.74, 6) is -5.23. The third-order valence-electron chi connectivity index (χ3n) is 6.00. The predicted octanol–water partition coefficient (Wildman–Crippen LogP) is -0.0334. The van der Waals surface area contributed by atoms with Crippen molar-refractivity contribution in [2.75, 3.05) is 6.61 Å². The van der Waals surface area contributed by atoms with E-state index in [4.69, 9.17) is 23.4 Å². The molecule has 2 bridgehead atoms. The van der Waals surface area contributed by atoms with E-state index in [1.165, 1.54) is 6.07 Å². The van der Waals surface area contributed by atoms with E-state index in [-0.39, 0.29) is 16.9 Å². The van der Waals surface area contributed by atoms with E-state index in [1.54, 1.807) is 0 Å². The van der Waals surface area contributed by atoms with Crippen LogP contribution in [0, 0.1) is 0 Å². The van der Waals surface area contributed by atoms with E-state index in [0.717, 1.165) is 24.3 Å². The zero-order chi connectivity index (χ0) is 27.3. The van der Waals surface area contributed by atoms with Crippen LogP contribution in [0.1, 0.15) is 6.42 Å². The highest BCUT2D eigenvalue weighted by Crippen LogP contribution is 2.39. The molecule has 200 valence electrons. The van der Waals surface area contributed by atoms with Crippen LogP contribution >= 0.6 is 0 Å². The van der Waals surface area contributed by atoms with Crippen LogP contribution in [0.4, 0.5) is 0 Å². The Morgan fingerprint density at radius 3 is 2.37 bits per heavy atom. The van der Waals surface area contributed by atoms with Gasteiger partial charge < -0.3 is 54.0 Å². The molecule has 38 heavy (non-hydrogen) atoms. The molecule has 0 aliphatic carbocycles. The standard InChI is InChI=1S/C24H20O14/c25-9-4-12(28)17-13(5-9)35-21(8-1-2-10(26)11(27)3-8)23(19(17)32)38-24-20(33)22-18(31)14(36-24)7-34-15(29)6-16(30)37-22/h1-5,14,18,20,22,24-28,31,33H,6-7H2/t14-,18-,20-,22+,24?/m1/s1. The molecule has 6 N–H and O–H groups in total. The number of fused-ring (bicyclic) bond motifs is 3. The lowest BCUT2D eigenvalue weighted by Crippen LogP contribution is -2.61. The summed E-state index contributed by atoms with van der Waals surface area (Å²) in [4.78, 5) is 37.3. The molecule has 2 aliphatic heterocycles. The Morgan fingerprint density at radius 2 is 1.63 bits per heavy atom. The molecule has 1 unspecified atom stereocenters. The lowest BCUT2D eigenvalue weighted by atomic mass is 9.99. The van der Waals surface area contributed by atoms with Crippen LogP contribution < -0.4 is 10.2 Å². The molecule has 14 nitrogen and oxygen atoms in total. The van der Waals surface area contributed by atoms with Crippen LogP contribution in [0.25, 0.3) is 22.3 Å². The van der Waals surface area contributed by atoms with Crippen LogP contribution in [0.5, 0.6) is 28.7 Å². The minimum Gasteiger partial charge on any atom is -0.508 e. The molecule has 14 heteroatoms. The van der Waals surface area contributed by atoms with Gasteiger partial charge in [-0.05, 0) is 18.2 Å². The molecule has 5 rings (SSSR count). The van der Waals surface area contributed by atoms with E-state index in [1.807, 2.05) is 0 Å². The zero-order valence-electron chi connectivity index (χ0n) is 19.1. The maximum atomic E-state index is 13.5. The summed E-state index contributed by atoms with van der Waals surface area (Å²) in [5.41, 5.74) is -1.27. The Hall–Kier alpha value is -4.53. The van der Waals surface area contributed by atoms with Crippen LogP contribution in [-0.4, -0.2) is 79.9 Å². The fourth-order valence-electron chi connectivity index (χ4n) is 4.16. The van der Waals surface area contributed by atoms with Crippen LogP contribution in [-0.2, 0) is 23.8 Å². The fraction of sp³-hybridized carbons (Fsp3) is 0.292. The Balaban J connectivity index is 1.63. The fourth-order valence-corrected chi connectivity index (χ4v) is 4.16. The van der Waals surface area contributed by atoms with Crippen molar-refractivity contribution < 1.29 is 63.6 Å². The number of aromatic hydroxyl groups is 4. The SMILES string of the molecule is O=C1CC(=O)O[C@H]2[C@H](O)[C@@H](CO1)OC(Oc1c(-c3ccc(O)c(O)c3)oc3cc(O)cc(O)c3c1=O)[C@@H]2O. The first-order valence-corrected chi connectivity index (χ1v) is 11.1. The van der Waals surface area contributed by atoms with Gasteiger partial charge in [-0.15, -0.1) is 0 Å². The molecule has 5 atom stereocenters. The summed E-state index contributed by atoms with van der Waals surface area (Å²) >= 11 is 0. The lowest BCUT2D eigenvalue weighted by Gasteiger charge is -2.40. The van der Waals surface area contributed by atoms with Gasteiger partial charge in [0.05, 0.1) is 0 Å². The van der Waals surface area contributed by atoms with Gasteiger partial charge in [-0.1, -0.05) is 0 Å². The van der Waals surface area contributed by atoms with Gasteiger partial charge in [0, 0.05) is 17.7 Å². The molecule has 0 amide bonds. The van der Waals surface area contributed by atoms with Gasteiger partial charge in [-0.3, -0.25) is 14.4 Å². The number of phenols is 4. The average Bonchev–Trinajstić information content (AvgIpc) is 2.88. The van der Waals surface area contributed by atoms with Gasteiger partial charge in [0.15, 0.2) is 29.5 Å². The average molecular weight is 532 g/mol. The largest absolute Gasteiger partial charge is 0.508 e. The lowest BCUT2D eigenvalue weighted by molar-refractivity contribution is -0.280. The van der Waals surface area contributed by atoms with Crippen molar-refractivity contribution in [1.29, 1.82) is 0 Å². The molecule has 2 aromatic carbocycles. The van der Waals surface area contributed by atoms with Gasteiger partial charge in [0.25, 0.3) is 0 Å². The van der Waals surface area contributed by atoms with E-state index in [9.17, 15) is 45.0 Å². The second-order valence-electron chi connectivity index (χ2n) is 8.59. The molecule has 2 saturated heterocycles. The monoisotopic (exact) mass is 532 g/mol. The van der Waals surface area contributed by atoms with Crippen molar-refractivity contribution in [1.82, 2.24) is 0 Å². The highest BCUT2D eigenvalue weighted by Gasteiger charge is 2.50. The summed E-state index contributed by atoms with van der Waals surface area (Å²) in [6, 6.07) is 5.31. The molecule has 2 fully saturated rings. The molecule has 1 aromatic heterocycles. The summed E-state index contributed by atoms with van der Waals surface area (Å²) in [5, 5.41) is 60.8. The van der Waals surface area contributed by atoms with E-state index in [0.29, 0.717) is 0 Å². The Morgan fingerprint density at radius 1 is 0.868 bits per heavy atom. The second-order valence-corrected chi connectivity index (χ2v) is 8.59. The van der Waals surface area contributed by atoms with Crippen molar-refractivity contribution in [2.45, 2.75) is 37.1 Å². The van der Waals surface area contributed by atoms with Crippen molar-refractivity contribution in [3.05, 3.63) is 40.6 Å². The Labute approximate surface area is 211 Å². The molecular formula is C24H20O14. The number of aliphatic hydroxyl groups is 2. The molecule has 3 heterocycles. The van der Waals surface area contributed by atoms with Crippen molar-refractivity contribution >= 4 is 22.9 Å². The van der Waals surface area contributed by atoms with Crippen LogP contribution in [0.2, 0.25) is 0 Å². The maximum absolute atomic E-state index is 13.5. The van der Waals surface area contributed by atoms with Crippen molar-refractivity contribution in [3.8, 4) is 40.1 Å². The molecular weight excluding hydrogens is 512 g/mol. The van der Waals surface area contributed by atoms with Crippen LogP contribution in [0.15, 0.2) is 39.5 Å². The van der Waals surface area contributed by atoms with E-state index >= 15 is 0 Å². The quantitative estimate of drug-likeness (QED) is 0.148. The third-order valence-corrected chi connectivity index (χ3v) is 6.00. The van der Waals surface area contributed by atoms with Gasteiger partial charge >= 0.3 is 11.9 Å². The third kappa shape index (κ3) is 4.40. The van der Waals surface area contributed by atoms with Gasteiger partial charge in [-0.2, -0.15) is 0 Å². The topological polar surface area (TPSA) is 223 Å². The minimum absolute atomic E-state index is 0.00570. The Bertz CT molecular complexity index is 1490. The smallest absolute Gasteiger partial charge is 0.317 e. The maximum Gasteiger partial charge on any atom is 0.317 e. The molecule has 3 aromatic rings. The number of carbonyl (C=O) groups is 2. The first-order valence-electron chi connectivity index (χ1n) is 11.1. The summed E-state index contributed by atoms with van der Waals surface area (Å²) in [6.45, 7) is -0.537. The summed E-state index contributed by atoms with van der Waals surface area (Å²) < 4.78 is 26.9. The second kappa shape index (κ2) is 9.41. The molecule has 0 radical (unpaired) electrons. The normalized spacial score (nSPS) is 25.6. The summed E-state index contributed by atoms with van der Waals surface area (Å²) in [6.07, 6.45) is -9.08. The number of phenolic OH excluding ortho intramolecular Hbond substituents is 4. The first-order chi connectivity index (χ1) is 18.0. The number of esters is 2. The number of hydrogen-bond donors (Lipinski definition) is 6. The zero-order valence-corrected chi connectivity index (χ0v) is 19.1. The number of hydrogen-bond acceptors (Lipinski definition) is 14. The minimum atomic E-state index is -1.89. The molecule has 2 aliphatic rings. The molecule has 0 saturated carbocycles. The van der Waals surface area contributed by atoms with Crippen molar-refractivity contribution in [2.24, 2.45) is 0 Å². The number of rotatable bonds is 3. The number of benzene rings is 2. The number of carbonyl (C=O) groups excluding carboxylic acids is 2. The molecule has 0 spiro atoms.